The molecule has 0 radical (unpaired) electrons. The Morgan fingerprint density at radius 1 is 1.13 bits per heavy atom. The van der Waals surface area contributed by atoms with Crippen LogP contribution in [0.15, 0.2) is 11.1 Å². The molecule has 0 aliphatic heterocycles. The Balaban J connectivity index is 2.14. The average Bonchev–Trinajstić information content (AvgIpc) is 2.62. The summed E-state index contributed by atoms with van der Waals surface area (Å²) in [6.45, 7) is 4.50. The van der Waals surface area contributed by atoms with Gasteiger partial charge in [-0.2, -0.15) is 0 Å². The predicted molar refractivity (Wildman–Crippen MR) is 60.6 cm³/mol. The SMILES string of the molecule is CC1=C2CC[C@]3(C)CCCC[C@]23CC1=O. The van der Waals surface area contributed by atoms with E-state index in [4.69, 9.17) is 0 Å². The summed E-state index contributed by atoms with van der Waals surface area (Å²) in [4.78, 5) is 11.9. The zero-order chi connectivity index (χ0) is 10.7. The van der Waals surface area contributed by atoms with E-state index in [2.05, 4.69) is 13.8 Å². The fourth-order valence-corrected chi connectivity index (χ4v) is 4.53. The van der Waals surface area contributed by atoms with E-state index in [1.54, 1.807) is 5.57 Å². The van der Waals surface area contributed by atoms with E-state index in [0.29, 0.717) is 16.6 Å². The van der Waals surface area contributed by atoms with Gasteiger partial charge in [-0.25, -0.2) is 0 Å². The molecule has 3 aliphatic rings. The second-order valence-electron chi connectivity index (χ2n) is 6.05. The minimum absolute atomic E-state index is 0.312. The third kappa shape index (κ3) is 0.971. The molecule has 1 heteroatoms. The largest absolute Gasteiger partial charge is 0.295 e. The van der Waals surface area contributed by atoms with Gasteiger partial charge in [0.25, 0.3) is 0 Å². The van der Waals surface area contributed by atoms with E-state index in [9.17, 15) is 4.79 Å². The summed E-state index contributed by atoms with van der Waals surface area (Å²) in [6, 6.07) is 0. The molecule has 0 amide bonds. The second-order valence-corrected chi connectivity index (χ2v) is 6.05. The van der Waals surface area contributed by atoms with Gasteiger partial charge < -0.3 is 0 Å². The topological polar surface area (TPSA) is 17.1 Å². The van der Waals surface area contributed by atoms with Crippen molar-refractivity contribution in [2.24, 2.45) is 10.8 Å². The van der Waals surface area contributed by atoms with Crippen LogP contribution in [0.1, 0.15) is 58.8 Å². The predicted octanol–water partition coefficient (Wildman–Crippen LogP) is 3.64. The lowest BCUT2D eigenvalue weighted by Gasteiger charge is -2.46. The Hall–Kier alpha value is -0.590. The van der Waals surface area contributed by atoms with Crippen molar-refractivity contribution in [2.45, 2.75) is 58.8 Å². The fraction of sp³-hybridized carbons (Fsp3) is 0.786. The minimum atomic E-state index is 0.312. The van der Waals surface area contributed by atoms with Crippen LogP contribution in [0.3, 0.4) is 0 Å². The monoisotopic (exact) mass is 204 g/mol. The maximum Gasteiger partial charge on any atom is 0.159 e. The first-order chi connectivity index (χ1) is 7.09. The van der Waals surface area contributed by atoms with E-state index in [1.165, 1.54) is 38.5 Å². The summed E-state index contributed by atoms with van der Waals surface area (Å²) in [5.74, 6) is 0.442. The summed E-state index contributed by atoms with van der Waals surface area (Å²) in [7, 11) is 0. The highest BCUT2D eigenvalue weighted by Gasteiger charge is 2.59. The van der Waals surface area contributed by atoms with Crippen LogP contribution in [-0.4, -0.2) is 5.78 Å². The molecular weight excluding hydrogens is 184 g/mol. The molecule has 2 atom stereocenters. The molecule has 2 fully saturated rings. The molecule has 2 saturated carbocycles. The van der Waals surface area contributed by atoms with Gasteiger partial charge in [0.15, 0.2) is 5.78 Å². The van der Waals surface area contributed by atoms with Gasteiger partial charge in [0.2, 0.25) is 0 Å². The van der Waals surface area contributed by atoms with Gasteiger partial charge in [-0.3, -0.25) is 4.79 Å². The zero-order valence-electron chi connectivity index (χ0n) is 9.86. The lowest BCUT2D eigenvalue weighted by Crippen LogP contribution is -2.38. The molecule has 0 heterocycles. The number of Topliss-reactive ketones (excluding diaryl/α,β-unsaturated/α-hetero) is 1. The van der Waals surface area contributed by atoms with Crippen LogP contribution in [0.2, 0.25) is 0 Å². The first-order valence-corrected chi connectivity index (χ1v) is 6.33. The van der Waals surface area contributed by atoms with Crippen molar-refractivity contribution in [2.75, 3.05) is 0 Å². The molecule has 0 saturated heterocycles. The molecule has 1 spiro atoms. The van der Waals surface area contributed by atoms with E-state index in [1.807, 2.05) is 0 Å². The molecular formula is C14H20O. The van der Waals surface area contributed by atoms with Crippen LogP contribution in [0.25, 0.3) is 0 Å². The molecule has 82 valence electrons. The smallest absolute Gasteiger partial charge is 0.159 e. The number of rotatable bonds is 0. The second kappa shape index (κ2) is 2.75. The van der Waals surface area contributed by atoms with Crippen molar-refractivity contribution in [1.82, 2.24) is 0 Å². The molecule has 3 aliphatic carbocycles. The molecule has 0 aromatic heterocycles. The van der Waals surface area contributed by atoms with Crippen molar-refractivity contribution in [3.63, 3.8) is 0 Å². The van der Waals surface area contributed by atoms with Crippen molar-refractivity contribution >= 4 is 5.78 Å². The van der Waals surface area contributed by atoms with Gasteiger partial charge in [-0.1, -0.05) is 25.3 Å². The molecule has 15 heavy (non-hydrogen) atoms. The van der Waals surface area contributed by atoms with Crippen molar-refractivity contribution in [3.05, 3.63) is 11.1 Å². The number of carbonyl (C=O) groups is 1. The van der Waals surface area contributed by atoms with Crippen molar-refractivity contribution < 1.29 is 4.79 Å². The third-order valence-electron chi connectivity index (χ3n) is 5.58. The Morgan fingerprint density at radius 3 is 2.67 bits per heavy atom. The molecule has 3 rings (SSSR count). The van der Waals surface area contributed by atoms with Gasteiger partial charge in [0, 0.05) is 11.8 Å². The standard InChI is InChI=1S/C14H20O/c1-10-11-5-8-13(2)6-3-4-7-14(11,13)9-12(10)15/h3-9H2,1-2H3/t13-,14-/m0/s1. The fourth-order valence-electron chi connectivity index (χ4n) is 4.53. The molecule has 0 N–H and O–H groups in total. The number of carbonyl (C=O) groups excluding carboxylic acids is 1. The quantitative estimate of drug-likeness (QED) is 0.589. The maximum absolute atomic E-state index is 11.9. The van der Waals surface area contributed by atoms with Crippen LogP contribution >= 0.6 is 0 Å². The van der Waals surface area contributed by atoms with Crippen LogP contribution in [0, 0.1) is 10.8 Å². The molecule has 1 nitrogen and oxygen atoms in total. The van der Waals surface area contributed by atoms with Crippen LogP contribution in [0.4, 0.5) is 0 Å². The first-order valence-electron chi connectivity index (χ1n) is 6.33. The van der Waals surface area contributed by atoms with E-state index in [0.717, 1.165) is 12.0 Å². The molecule has 0 bridgehead atoms. The third-order valence-corrected chi connectivity index (χ3v) is 5.58. The summed E-state index contributed by atoms with van der Waals surface area (Å²) in [5.41, 5.74) is 3.44. The van der Waals surface area contributed by atoms with E-state index >= 15 is 0 Å². The highest BCUT2D eigenvalue weighted by molar-refractivity contribution is 5.99. The Kier molecular flexibility index (Phi) is 1.76. The molecule has 0 aromatic rings. The number of hydrogen-bond donors (Lipinski definition) is 0. The first kappa shape index (κ1) is 9.62. The van der Waals surface area contributed by atoms with Gasteiger partial charge in [-0.15, -0.1) is 0 Å². The van der Waals surface area contributed by atoms with Crippen LogP contribution < -0.4 is 0 Å². The summed E-state index contributed by atoms with van der Waals surface area (Å²) in [5, 5.41) is 0. The zero-order valence-corrected chi connectivity index (χ0v) is 9.86. The van der Waals surface area contributed by atoms with E-state index in [-0.39, 0.29) is 0 Å². The number of allylic oxidation sites excluding steroid dienone is 2. The van der Waals surface area contributed by atoms with Gasteiger partial charge in [0.05, 0.1) is 0 Å². The maximum atomic E-state index is 11.9. The van der Waals surface area contributed by atoms with Crippen molar-refractivity contribution in [1.29, 1.82) is 0 Å². The number of ketones is 1. The van der Waals surface area contributed by atoms with Gasteiger partial charge >= 0.3 is 0 Å². The van der Waals surface area contributed by atoms with E-state index < -0.39 is 0 Å². The minimum Gasteiger partial charge on any atom is -0.295 e. The highest BCUT2D eigenvalue weighted by Crippen LogP contribution is 2.68. The Morgan fingerprint density at radius 2 is 1.87 bits per heavy atom. The molecule has 0 aromatic carbocycles. The Bertz CT molecular complexity index is 366. The normalized spacial score (nSPS) is 44.5. The van der Waals surface area contributed by atoms with Gasteiger partial charge in [0.1, 0.15) is 0 Å². The lowest BCUT2D eigenvalue weighted by molar-refractivity contribution is -0.117. The van der Waals surface area contributed by atoms with Crippen LogP contribution in [0.5, 0.6) is 0 Å². The summed E-state index contributed by atoms with van der Waals surface area (Å²) >= 11 is 0. The van der Waals surface area contributed by atoms with Crippen molar-refractivity contribution in [3.8, 4) is 0 Å². The summed E-state index contributed by atoms with van der Waals surface area (Å²) < 4.78 is 0. The molecule has 0 unspecified atom stereocenters. The van der Waals surface area contributed by atoms with Gasteiger partial charge in [-0.05, 0) is 43.6 Å². The Labute approximate surface area is 91.9 Å². The lowest BCUT2D eigenvalue weighted by atomic mass is 9.57. The van der Waals surface area contributed by atoms with Crippen LogP contribution in [-0.2, 0) is 4.79 Å². The highest BCUT2D eigenvalue weighted by atomic mass is 16.1. The number of hydrogen-bond acceptors (Lipinski definition) is 1. The summed E-state index contributed by atoms with van der Waals surface area (Å²) in [6.07, 6.45) is 8.70. The average molecular weight is 204 g/mol.